The zero-order chi connectivity index (χ0) is 16.3. The molecule has 2 rings (SSSR count). The highest BCUT2D eigenvalue weighted by Crippen LogP contribution is 2.29. The predicted octanol–water partition coefficient (Wildman–Crippen LogP) is 3.87. The number of hydrogen-bond acceptors (Lipinski definition) is 2. The average molecular weight is 303 g/mol. The first-order valence-electron chi connectivity index (χ1n) is 8.45. The molecule has 0 spiro atoms. The molecule has 1 aromatic heterocycles. The van der Waals surface area contributed by atoms with E-state index in [-0.39, 0.29) is 5.91 Å². The van der Waals surface area contributed by atoms with Crippen LogP contribution in [-0.4, -0.2) is 33.7 Å². The molecule has 2 heterocycles. The van der Waals surface area contributed by atoms with Gasteiger partial charge in [-0.2, -0.15) is 5.10 Å². The summed E-state index contributed by atoms with van der Waals surface area (Å²) in [7, 11) is 0. The summed E-state index contributed by atoms with van der Waals surface area (Å²) >= 11 is 0. The number of aromatic nitrogens is 2. The highest BCUT2D eigenvalue weighted by Gasteiger charge is 2.26. The van der Waals surface area contributed by atoms with Crippen molar-refractivity contribution in [1.82, 2.24) is 14.7 Å². The number of nitrogens with zero attached hydrogens (tertiary/aromatic N) is 3. The van der Waals surface area contributed by atoms with Gasteiger partial charge in [0.05, 0.1) is 11.7 Å². The van der Waals surface area contributed by atoms with E-state index in [1.54, 1.807) is 6.08 Å². The molecule has 0 N–H and O–H groups in total. The third-order valence-electron chi connectivity index (χ3n) is 4.40. The molecule has 0 bridgehead atoms. The zero-order valence-corrected chi connectivity index (χ0v) is 14.5. The van der Waals surface area contributed by atoms with Crippen molar-refractivity contribution in [1.29, 1.82) is 0 Å². The molecule has 1 fully saturated rings. The Morgan fingerprint density at radius 1 is 1.23 bits per heavy atom. The first kappa shape index (κ1) is 16.8. The number of carbonyl (C=O) groups excluding carboxylic acids is 1. The van der Waals surface area contributed by atoms with E-state index >= 15 is 0 Å². The molecule has 4 nitrogen and oxygen atoms in total. The predicted molar refractivity (Wildman–Crippen MR) is 90.1 cm³/mol. The second-order valence-corrected chi connectivity index (χ2v) is 6.80. The van der Waals surface area contributed by atoms with Gasteiger partial charge in [0.25, 0.3) is 0 Å². The minimum Gasteiger partial charge on any atom is -0.339 e. The van der Waals surface area contributed by atoms with Gasteiger partial charge in [-0.1, -0.05) is 33.8 Å². The molecule has 0 aromatic carbocycles. The van der Waals surface area contributed by atoms with Crippen molar-refractivity contribution in [2.45, 2.75) is 65.3 Å². The second kappa shape index (κ2) is 7.12. The summed E-state index contributed by atoms with van der Waals surface area (Å²) < 4.78 is 2.23. The van der Waals surface area contributed by atoms with Crippen LogP contribution < -0.4 is 0 Å². The average Bonchev–Trinajstić information content (AvgIpc) is 2.93. The van der Waals surface area contributed by atoms with Gasteiger partial charge in [-0.3, -0.25) is 9.48 Å². The maximum atomic E-state index is 11.9. The van der Waals surface area contributed by atoms with Crippen LogP contribution in [0.2, 0.25) is 0 Å². The number of allylic oxidation sites excluding steroid dienone is 1. The van der Waals surface area contributed by atoms with Gasteiger partial charge in [0.2, 0.25) is 5.91 Å². The van der Waals surface area contributed by atoms with Crippen molar-refractivity contribution < 1.29 is 4.79 Å². The molecule has 1 saturated heterocycles. The van der Waals surface area contributed by atoms with Gasteiger partial charge >= 0.3 is 0 Å². The van der Waals surface area contributed by atoms with Crippen molar-refractivity contribution in [2.75, 3.05) is 13.1 Å². The lowest BCUT2D eigenvalue weighted by Crippen LogP contribution is -2.38. The van der Waals surface area contributed by atoms with Crippen LogP contribution in [-0.2, 0) is 4.79 Å². The van der Waals surface area contributed by atoms with Crippen LogP contribution in [0.4, 0.5) is 0 Å². The topological polar surface area (TPSA) is 38.1 Å². The molecule has 22 heavy (non-hydrogen) atoms. The summed E-state index contributed by atoms with van der Waals surface area (Å²) in [5.41, 5.74) is 2.50. The fraction of sp³-hybridized carbons (Fsp3) is 0.667. The highest BCUT2D eigenvalue weighted by atomic mass is 16.2. The Morgan fingerprint density at radius 2 is 1.86 bits per heavy atom. The number of piperidine rings is 1. The molecule has 122 valence electrons. The molecule has 0 saturated carbocycles. The molecular weight excluding hydrogens is 274 g/mol. The van der Waals surface area contributed by atoms with Crippen LogP contribution in [0.15, 0.2) is 18.2 Å². The molecule has 4 heteroatoms. The molecule has 0 unspecified atom stereocenters. The number of hydrogen-bond donors (Lipinski definition) is 0. The fourth-order valence-corrected chi connectivity index (χ4v) is 3.01. The summed E-state index contributed by atoms with van der Waals surface area (Å²) in [6, 6.07) is 2.67. The van der Waals surface area contributed by atoms with Crippen molar-refractivity contribution >= 4 is 5.91 Å². The smallest absolute Gasteiger partial charge is 0.246 e. The van der Waals surface area contributed by atoms with Crippen LogP contribution in [0, 0.1) is 0 Å². The van der Waals surface area contributed by atoms with Gasteiger partial charge in [-0.05, 0) is 43.7 Å². The van der Waals surface area contributed by atoms with E-state index in [2.05, 4.69) is 38.4 Å². The molecule has 1 aliphatic rings. The Labute approximate surface area is 134 Å². The van der Waals surface area contributed by atoms with Crippen molar-refractivity contribution in [3.63, 3.8) is 0 Å². The standard InChI is InChI=1S/C18H29N3O/c1-6-7-18(22)20-10-8-15(9-11-20)21-17(14(4)5)12-16(19-21)13(2)3/h6-7,12-15H,8-11H2,1-5H3/b7-6+. The van der Waals surface area contributed by atoms with E-state index < -0.39 is 0 Å². The summed E-state index contributed by atoms with van der Waals surface area (Å²) in [6.07, 6.45) is 5.45. The van der Waals surface area contributed by atoms with Crippen LogP contribution in [0.5, 0.6) is 0 Å². The van der Waals surface area contributed by atoms with E-state index in [4.69, 9.17) is 5.10 Å². The lowest BCUT2D eigenvalue weighted by atomic mass is 10.0. The van der Waals surface area contributed by atoms with Gasteiger partial charge in [0.1, 0.15) is 0 Å². The largest absolute Gasteiger partial charge is 0.339 e. The van der Waals surface area contributed by atoms with E-state index in [9.17, 15) is 4.79 Å². The number of rotatable bonds is 4. The Hall–Kier alpha value is -1.58. The van der Waals surface area contributed by atoms with Crippen LogP contribution in [0.25, 0.3) is 0 Å². The molecule has 1 aromatic rings. The van der Waals surface area contributed by atoms with Crippen LogP contribution in [0.1, 0.15) is 76.7 Å². The Kier molecular flexibility index (Phi) is 5.43. The molecule has 0 radical (unpaired) electrons. The first-order chi connectivity index (χ1) is 10.4. The van der Waals surface area contributed by atoms with E-state index in [1.807, 2.05) is 17.9 Å². The maximum Gasteiger partial charge on any atom is 0.246 e. The third-order valence-corrected chi connectivity index (χ3v) is 4.40. The minimum absolute atomic E-state index is 0.133. The molecule has 1 amide bonds. The first-order valence-corrected chi connectivity index (χ1v) is 8.45. The number of likely N-dealkylation sites (tertiary alicyclic amines) is 1. The molecule has 0 atom stereocenters. The maximum absolute atomic E-state index is 11.9. The van der Waals surface area contributed by atoms with Crippen molar-refractivity contribution in [3.05, 3.63) is 29.6 Å². The van der Waals surface area contributed by atoms with Gasteiger partial charge in [0, 0.05) is 18.8 Å². The van der Waals surface area contributed by atoms with Gasteiger partial charge in [-0.25, -0.2) is 0 Å². The van der Waals surface area contributed by atoms with E-state index in [0.29, 0.717) is 17.9 Å². The van der Waals surface area contributed by atoms with Crippen LogP contribution >= 0.6 is 0 Å². The summed E-state index contributed by atoms with van der Waals surface area (Å²) in [5, 5.41) is 4.86. The van der Waals surface area contributed by atoms with Gasteiger partial charge < -0.3 is 4.90 Å². The van der Waals surface area contributed by atoms with E-state index in [1.165, 1.54) is 11.4 Å². The second-order valence-electron chi connectivity index (χ2n) is 6.80. The Balaban J connectivity index is 2.12. The summed E-state index contributed by atoms with van der Waals surface area (Å²) in [4.78, 5) is 13.9. The minimum atomic E-state index is 0.133. The van der Waals surface area contributed by atoms with Gasteiger partial charge in [0.15, 0.2) is 0 Å². The fourth-order valence-electron chi connectivity index (χ4n) is 3.01. The highest BCUT2D eigenvalue weighted by molar-refractivity contribution is 5.87. The van der Waals surface area contributed by atoms with Gasteiger partial charge in [-0.15, -0.1) is 0 Å². The summed E-state index contributed by atoms with van der Waals surface area (Å²) in [5.74, 6) is 1.06. The molecule has 0 aliphatic carbocycles. The summed E-state index contributed by atoms with van der Waals surface area (Å²) in [6.45, 7) is 12.4. The number of amides is 1. The molecule has 1 aliphatic heterocycles. The Bertz CT molecular complexity index is 535. The normalized spacial score (nSPS) is 17.1. The van der Waals surface area contributed by atoms with Crippen molar-refractivity contribution in [2.24, 2.45) is 0 Å². The lowest BCUT2D eigenvalue weighted by Gasteiger charge is -2.32. The lowest BCUT2D eigenvalue weighted by molar-refractivity contribution is -0.127. The Morgan fingerprint density at radius 3 is 2.36 bits per heavy atom. The number of carbonyl (C=O) groups is 1. The monoisotopic (exact) mass is 303 g/mol. The quantitative estimate of drug-likeness (QED) is 0.792. The third kappa shape index (κ3) is 3.60. The van der Waals surface area contributed by atoms with Crippen molar-refractivity contribution in [3.8, 4) is 0 Å². The van der Waals surface area contributed by atoms with Crippen LogP contribution in [0.3, 0.4) is 0 Å². The SMILES string of the molecule is C/C=C/C(=O)N1CCC(n2nc(C(C)C)cc2C(C)C)CC1. The van der Waals surface area contributed by atoms with E-state index in [0.717, 1.165) is 25.9 Å². The molecular formula is C18H29N3O. The zero-order valence-electron chi connectivity index (χ0n) is 14.5.